The summed E-state index contributed by atoms with van der Waals surface area (Å²) in [6.07, 6.45) is 2.83. The van der Waals surface area contributed by atoms with Crippen LogP contribution in [0.3, 0.4) is 0 Å². The minimum absolute atomic E-state index is 0.00182. The Morgan fingerprint density at radius 1 is 0.861 bits per heavy atom. The molecule has 0 bridgehead atoms. The first-order chi connectivity index (χ1) is 37.0. The number of esters is 1. The van der Waals surface area contributed by atoms with E-state index in [2.05, 4.69) is 44.9 Å². The number of amides is 6. The second-order valence-electron chi connectivity index (χ2n) is 24.6. The van der Waals surface area contributed by atoms with Gasteiger partial charge in [0.25, 0.3) is 0 Å². The molecule has 2 saturated heterocycles. The minimum atomic E-state index is -1.16. The Hall–Kier alpha value is -5.28. The van der Waals surface area contributed by atoms with Gasteiger partial charge in [-0.1, -0.05) is 97.4 Å². The maximum Gasteiger partial charge on any atom is 0.313 e. The molecule has 1 aromatic carbocycles. The van der Waals surface area contributed by atoms with Crippen LogP contribution in [0.4, 0.5) is 0 Å². The van der Waals surface area contributed by atoms with E-state index >= 15 is 0 Å². The molecule has 20 heteroatoms. The molecule has 4 rings (SSSR count). The summed E-state index contributed by atoms with van der Waals surface area (Å²) in [4.78, 5) is 110. The average Bonchev–Trinajstić information content (AvgIpc) is 4.31. The van der Waals surface area contributed by atoms with Crippen molar-refractivity contribution in [1.82, 2.24) is 36.8 Å². The summed E-state index contributed by atoms with van der Waals surface area (Å²) in [5.74, 6) is -4.47. The van der Waals surface area contributed by atoms with E-state index in [1.807, 2.05) is 68.4 Å². The molecule has 20 nitrogen and oxygen atoms in total. The lowest BCUT2D eigenvalue weighted by atomic mass is 9.64. The van der Waals surface area contributed by atoms with Crippen LogP contribution in [0.1, 0.15) is 134 Å². The molecule has 444 valence electrons. The Kier molecular flexibility index (Phi) is 24.7. The van der Waals surface area contributed by atoms with Crippen molar-refractivity contribution in [3.8, 4) is 0 Å². The molecule has 2 aliphatic heterocycles. The van der Waals surface area contributed by atoms with Crippen molar-refractivity contribution >= 4 is 47.2 Å². The van der Waals surface area contributed by atoms with Crippen molar-refractivity contribution in [2.24, 2.45) is 34.5 Å². The molecule has 0 aromatic heterocycles. The van der Waals surface area contributed by atoms with Crippen molar-refractivity contribution in [2.45, 2.75) is 182 Å². The summed E-state index contributed by atoms with van der Waals surface area (Å²) < 4.78 is 24.1. The number of likely N-dealkylation sites (N-methyl/N-ethyl adjacent to an activating group) is 1. The van der Waals surface area contributed by atoms with Crippen LogP contribution in [0, 0.1) is 34.5 Å². The van der Waals surface area contributed by atoms with Crippen molar-refractivity contribution in [2.75, 3.05) is 60.0 Å². The lowest BCUT2D eigenvalue weighted by Crippen LogP contribution is -2.56. The first-order valence-electron chi connectivity index (χ1n) is 28.3. The largest absolute Gasteiger partial charge is 0.459 e. The number of epoxide rings is 2. The van der Waals surface area contributed by atoms with Crippen LogP contribution in [-0.4, -0.2) is 165 Å². The van der Waals surface area contributed by atoms with E-state index in [0.717, 1.165) is 12.0 Å². The van der Waals surface area contributed by atoms with E-state index in [1.165, 1.54) is 5.57 Å². The number of ether oxygens (including phenoxy) is 4. The lowest BCUT2D eigenvalue weighted by molar-refractivity contribution is -0.172. The number of carbonyl (C=O) groups is 8. The summed E-state index contributed by atoms with van der Waals surface area (Å²) >= 11 is 0. The van der Waals surface area contributed by atoms with Crippen LogP contribution in [0.5, 0.6) is 0 Å². The molecule has 1 saturated carbocycles. The fraction of sp³-hybridized carbons (Fsp3) is 0.729. The molecule has 0 radical (unpaired) electrons. The summed E-state index contributed by atoms with van der Waals surface area (Å²) in [5, 5.41) is 26.3. The number of nitrogens with zero attached hydrogens (tertiary/aromatic N) is 1. The zero-order valence-corrected chi connectivity index (χ0v) is 49.6. The van der Waals surface area contributed by atoms with Gasteiger partial charge in [0, 0.05) is 44.0 Å². The van der Waals surface area contributed by atoms with Gasteiger partial charge in [-0.15, -0.1) is 0 Å². The van der Waals surface area contributed by atoms with Crippen molar-refractivity contribution < 1.29 is 62.4 Å². The maximum atomic E-state index is 14.1. The van der Waals surface area contributed by atoms with Crippen molar-refractivity contribution in [3.63, 3.8) is 0 Å². The van der Waals surface area contributed by atoms with E-state index in [-0.39, 0.29) is 92.5 Å². The topological polar surface area (TPSA) is 276 Å². The highest BCUT2D eigenvalue weighted by Gasteiger charge is 2.72. The number of Topliss-reactive ketones (excluding diaryl/α,β-unsaturated/α-hetero) is 1. The summed E-state index contributed by atoms with van der Waals surface area (Å²) in [5.41, 5.74) is -1.01. The van der Waals surface area contributed by atoms with Gasteiger partial charge in [-0.2, -0.15) is 0 Å². The highest BCUT2D eigenvalue weighted by Crippen LogP contribution is 2.59. The van der Waals surface area contributed by atoms with Crippen molar-refractivity contribution in [1.29, 1.82) is 0 Å². The molecule has 3 fully saturated rings. The number of ketones is 1. The third-order valence-electron chi connectivity index (χ3n) is 15.7. The molecule has 1 aromatic rings. The Balaban J connectivity index is 1.27. The Morgan fingerprint density at radius 3 is 2.10 bits per heavy atom. The van der Waals surface area contributed by atoms with Crippen LogP contribution in [0.25, 0.3) is 0 Å². The number of carbonyl (C=O) groups excluding carboxylic acids is 8. The van der Waals surface area contributed by atoms with E-state index in [0.29, 0.717) is 25.9 Å². The molecule has 6 amide bonds. The maximum absolute atomic E-state index is 14.1. The van der Waals surface area contributed by atoms with Gasteiger partial charge in [0.05, 0.1) is 44.4 Å². The molecule has 2 heterocycles. The number of benzene rings is 1. The van der Waals surface area contributed by atoms with Crippen LogP contribution in [-0.2, 0) is 63.7 Å². The first kappa shape index (κ1) is 66.2. The Morgan fingerprint density at radius 2 is 1.52 bits per heavy atom. The number of hydrogen-bond acceptors (Lipinski definition) is 14. The summed E-state index contributed by atoms with van der Waals surface area (Å²) in [6, 6.07) is 6.77. The second-order valence-corrected chi connectivity index (χ2v) is 24.6. The van der Waals surface area contributed by atoms with E-state index in [4.69, 9.17) is 18.9 Å². The van der Waals surface area contributed by atoms with Crippen LogP contribution < -0.4 is 31.9 Å². The van der Waals surface area contributed by atoms with Gasteiger partial charge in [0.15, 0.2) is 5.78 Å². The number of aliphatic hydroxyl groups is 1. The lowest BCUT2D eigenvalue weighted by Gasteiger charge is -2.42. The molecule has 79 heavy (non-hydrogen) atoms. The van der Waals surface area contributed by atoms with Gasteiger partial charge in [-0.25, -0.2) is 0 Å². The van der Waals surface area contributed by atoms with E-state index < -0.39 is 102 Å². The van der Waals surface area contributed by atoms with E-state index in [9.17, 15) is 43.5 Å². The predicted molar refractivity (Wildman–Crippen MR) is 299 cm³/mol. The summed E-state index contributed by atoms with van der Waals surface area (Å²) in [7, 11) is 3.28. The third-order valence-corrected chi connectivity index (χ3v) is 15.7. The Bertz CT molecular complexity index is 2280. The predicted octanol–water partition coefficient (Wildman–Crippen LogP) is 3.71. The van der Waals surface area contributed by atoms with Gasteiger partial charge in [0.2, 0.25) is 35.4 Å². The molecule has 6 unspecified atom stereocenters. The molecular weight excluding hydrogens is 1010 g/mol. The number of rotatable bonds is 33. The quantitative estimate of drug-likeness (QED) is 0.0229. The van der Waals surface area contributed by atoms with E-state index in [1.54, 1.807) is 57.2 Å². The molecular formula is C59H95N7O13. The van der Waals surface area contributed by atoms with Crippen LogP contribution in [0.15, 0.2) is 42.0 Å². The molecule has 11 atom stereocenters. The van der Waals surface area contributed by atoms with Gasteiger partial charge < -0.3 is 56.0 Å². The molecule has 7 N–H and O–H groups in total. The average molecular weight is 1110 g/mol. The van der Waals surface area contributed by atoms with Gasteiger partial charge >= 0.3 is 5.97 Å². The van der Waals surface area contributed by atoms with Gasteiger partial charge in [0.1, 0.15) is 41.9 Å². The molecule has 3 aliphatic rings. The van der Waals surface area contributed by atoms with Crippen LogP contribution in [0.2, 0.25) is 0 Å². The van der Waals surface area contributed by atoms with Crippen LogP contribution >= 0.6 is 0 Å². The fourth-order valence-corrected chi connectivity index (χ4v) is 11.2. The fourth-order valence-electron chi connectivity index (χ4n) is 11.2. The number of nitrogens with one attached hydrogen (secondary N) is 6. The third kappa shape index (κ3) is 19.7. The minimum Gasteiger partial charge on any atom is -0.459 e. The monoisotopic (exact) mass is 1110 g/mol. The highest BCUT2D eigenvalue weighted by molar-refractivity contribution is 5.97. The first-order valence-corrected chi connectivity index (χ1v) is 28.3. The summed E-state index contributed by atoms with van der Waals surface area (Å²) in [6.45, 7) is 22.9. The normalized spacial score (nSPS) is 24.0. The smallest absolute Gasteiger partial charge is 0.313 e. The SMILES string of the molecule is COC1C(OC(=O)CC(=O)CN(C)CCNC(=O)CNC(=O)[C@H](CC(C)C)NC(=O)[C@H](Cc2ccccc2)NC(=O)CNC(=O)C(C)(CC(C)(CC(C)C)C(=O)NCC(C)O)C(C)C)CC[C@]2(CO2)C1[C@]1(C)O[C@@H]1CC=C(C)C. The Labute approximate surface area is 469 Å². The molecule has 1 spiro atoms. The zero-order chi connectivity index (χ0) is 59.0. The number of aliphatic hydroxyl groups excluding tert-OH is 1. The molecule has 1 aliphatic carbocycles. The standard InChI is InChI=1S/C59H95N7O13/c1-36(2)20-21-46-58(12,79-46)51-50(76-14)45(22-23-59(51)35-77-59)78-49(71)28-42(68)33-66(13)25-24-60-47(69)31-61-52(72)43(26-37(3)4)65-53(73)44(27-41-18-16-15-17-19-41)64-48(70)32-63-55(75)57(11,39(7)8)34-56(10,29-38(5)6)54(74)62-30-40(9)67/h15-20,37-40,43-46,50-51,67H,21-35H2,1-14H3,(H,60,69)(H,61,72)(H,62,74)(H,63,75)(H,64,70)(H,65,73)/t40?,43-,44-,45?,46+,50?,51?,56?,57?,58+,59-/m0/s1. The number of methoxy groups -OCH3 is 1. The number of hydrogen-bond donors (Lipinski definition) is 7. The second kappa shape index (κ2) is 29.4. The van der Waals surface area contributed by atoms with Crippen molar-refractivity contribution in [3.05, 3.63) is 47.5 Å². The van der Waals surface area contributed by atoms with Gasteiger partial charge in [-0.05, 0) is 96.6 Å². The zero-order valence-electron chi connectivity index (χ0n) is 49.6. The number of allylic oxidation sites excluding steroid dienone is 1. The van der Waals surface area contributed by atoms with Gasteiger partial charge in [-0.3, -0.25) is 43.3 Å². The highest BCUT2D eigenvalue weighted by atomic mass is 16.6.